The van der Waals surface area contributed by atoms with Gasteiger partial charge in [0.25, 0.3) is 11.8 Å². The van der Waals surface area contributed by atoms with Crippen LogP contribution in [-0.2, 0) is 14.3 Å². The Morgan fingerprint density at radius 1 is 1.03 bits per heavy atom. The van der Waals surface area contributed by atoms with Crippen LogP contribution >= 0.6 is 11.3 Å². The van der Waals surface area contributed by atoms with Crippen molar-refractivity contribution in [2.45, 2.75) is 13.0 Å². The Morgan fingerprint density at radius 2 is 1.76 bits per heavy atom. The molecule has 0 fully saturated rings. The molecule has 3 aromatic rings. The first kappa shape index (κ1) is 23.7. The topological polar surface area (TPSA) is 116 Å². The van der Waals surface area contributed by atoms with E-state index < -0.39 is 30.4 Å². The van der Waals surface area contributed by atoms with Crippen LogP contribution in [-0.4, -0.2) is 49.6 Å². The Kier molecular flexibility index (Phi) is 7.98. The molecule has 1 atom stereocenters. The number of carbonyl (C=O) groups is 3. The van der Waals surface area contributed by atoms with E-state index in [-0.39, 0.29) is 5.56 Å². The van der Waals surface area contributed by atoms with Gasteiger partial charge in [-0.05, 0) is 25.1 Å². The van der Waals surface area contributed by atoms with Crippen LogP contribution in [0.25, 0.3) is 11.3 Å². The zero-order chi connectivity index (χ0) is 23.8. The number of nitrogens with zero attached hydrogens (tertiary/aromatic N) is 1. The minimum absolute atomic E-state index is 0.282. The van der Waals surface area contributed by atoms with Gasteiger partial charge in [0, 0.05) is 16.5 Å². The summed E-state index contributed by atoms with van der Waals surface area (Å²) in [4.78, 5) is 41.1. The Bertz CT molecular complexity index is 1130. The van der Waals surface area contributed by atoms with Crippen LogP contribution in [0.3, 0.4) is 0 Å². The summed E-state index contributed by atoms with van der Waals surface area (Å²) in [6.45, 7) is 1.04. The predicted molar refractivity (Wildman–Crippen MR) is 124 cm³/mol. The summed E-state index contributed by atoms with van der Waals surface area (Å²) in [5.41, 5.74) is 1.95. The van der Waals surface area contributed by atoms with E-state index in [1.807, 2.05) is 35.7 Å². The van der Waals surface area contributed by atoms with Crippen molar-refractivity contribution < 1.29 is 28.6 Å². The quantitative estimate of drug-likeness (QED) is 0.463. The number of benzene rings is 2. The fraction of sp³-hybridized carbons (Fsp3) is 0.217. The van der Waals surface area contributed by atoms with Gasteiger partial charge in [-0.1, -0.05) is 30.3 Å². The van der Waals surface area contributed by atoms with Gasteiger partial charge in [-0.15, -0.1) is 11.3 Å². The van der Waals surface area contributed by atoms with Gasteiger partial charge in [0.15, 0.2) is 22.7 Å². The molecule has 172 valence electrons. The molecule has 10 heteroatoms. The number of carbonyl (C=O) groups excluding carboxylic acids is 3. The van der Waals surface area contributed by atoms with Crippen molar-refractivity contribution in [2.24, 2.45) is 0 Å². The van der Waals surface area contributed by atoms with E-state index in [0.29, 0.717) is 16.6 Å². The monoisotopic (exact) mass is 469 g/mol. The highest BCUT2D eigenvalue weighted by molar-refractivity contribution is 7.14. The fourth-order valence-electron chi connectivity index (χ4n) is 2.80. The van der Waals surface area contributed by atoms with Gasteiger partial charge in [0.2, 0.25) is 0 Å². The van der Waals surface area contributed by atoms with Crippen LogP contribution in [0.4, 0.5) is 5.13 Å². The summed E-state index contributed by atoms with van der Waals surface area (Å²) in [7, 11) is 2.94. The van der Waals surface area contributed by atoms with Gasteiger partial charge < -0.3 is 19.5 Å². The molecule has 0 aliphatic rings. The average Bonchev–Trinajstić information content (AvgIpc) is 3.31. The van der Waals surface area contributed by atoms with Crippen molar-refractivity contribution in [1.82, 2.24) is 10.3 Å². The van der Waals surface area contributed by atoms with Crippen LogP contribution < -0.4 is 20.1 Å². The van der Waals surface area contributed by atoms with Crippen LogP contribution in [0.15, 0.2) is 53.9 Å². The molecule has 1 heterocycles. The minimum atomic E-state index is -1.07. The number of nitrogens with one attached hydrogen (secondary N) is 2. The molecule has 1 unspecified atom stereocenters. The number of hydrogen-bond acceptors (Lipinski definition) is 8. The summed E-state index contributed by atoms with van der Waals surface area (Å²) in [5.74, 6) is -0.916. The lowest BCUT2D eigenvalue weighted by molar-refractivity contribution is -0.152. The largest absolute Gasteiger partial charge is 0.493 e. The Balaban J connectivity index is 1.48. The maximum Gasteiger partial charge on any atom is 0.326 e. The molecule has 0 spiro atoms. The summed E-state index contributed by atoms with van der Waals surface area (Å²) < 4.78 is 15.4. The lowest BCUT2D eigenvalue weighted by Crippen LogP contribution is -2.35. The highest BCUT2D eigenvalue weighted by Gasteiger charge is 2.20. The summed E-state index contributed by atoms with van der Waals surface area (Å²) in [6.07, 6.45) is -1.07. The smallest absolute Gasteiger partial charge is 0.326 e. The first-order chi connectivity index (χ1) is 15.9. The second-order valence-corrected chi connectivity index (χ2v) is 7.64. The van der Waals surface area contributed by atoms with Gasteiger partial charge in [-0.3, -0.25) is 19.7 Å². The number of rotatable bonds is 9. The first-order valence-corrected chi connectivity index (χ1v) is 10.8. The van der Waals surface area contributed by atoms with Crippen molar-refractivity contribution in [3.63, 3.8) is 0 Å². The minimum Gasteiger partial charge on any atom is -0.493 e. The predicted octanol–water partition coefficient (Wildman–Crippen LogP) is 3.13. The molecule has 0 saturated carbocycles. The van der Waals surface area contributed by atoms with E-state index >= 15 is 0 Å². The molecule has 2 N–H and O–H groups in total. The number of thiazole rings is 1. The highest BCUT2D eigenvalue weighted by atomic mass is 32.1. The fourth-order valence-corrected chi connectivity index (χ4v) is 3.53. The maximum absolute atomic E-state index is 12.3. The van der Waals surface area contributed by atoms with Crippen molar-refractivity contribution in [3.8, 4) is 22.8 Å². The molecule has 3 rings (SSSR count). The van der Waals surface area contributed by atoms with Crippen molar-refractivity contribution in [3.05, 3.63) is 59.5 Å². The molecule has 9 nitrogen and oxygen atoms in total. The molecule has 0 saturated heterocycles. The van der Waals surface area contributed by atoms with Crippen molar-refractivity contribution >= 4 is 34.3 Å². The zero-order valence-electron chi connectivity index (χ0n) is 18.3. The normalized spacial score (nSPS) is 11.2. The lowest BCUT2D eigenvalue weighted by Gasteiger charge is -2.13. The van der Waals surface area contributed by atoms with Crippen molar-refractivity contribution in [2.75, 3.05) is 26.1 Å². The third-order valence-corrected chi connectivity index (χ3v) is 5.28. The van der Waals surface area contributed by atoms with E-state index in [9.17, 15) is 14.4 Å². The molecule has 0 radical (unpaired) electrons. The Labute approximate surface area is 194 Å². The maximum atomic E-state index is 12.3. The van der Waals surface area contributed by atoms with Crippen LogP contribution in [0, 0.1) is 0 Å². The Hall–Kier alpha value is -3.92. The number of esters is 1. The molecule has 0 aliphatic carbocycles. The molecule has 0 aliphatic heterocycles. The van der Waals surface area contributed by atoms with Crippen LogP contribution in [0.5, 0.6) is 11.5 Å². The Morgan fingerprint density at radius 3 is 2.45 bits per heavy atom. The molecular weight excluding hydrogens is 446 g/mol. The van der Waals surface area contributed by atoms with E-state index in [1.54, 1.807) is 6.07 Å². The second kappa shape index (κ2) is 11.1. The molecule has 2 amide bonds. The number of ether oxygens (including phenoxy) is 3. The third kappa shape index (κ3) is 6.30. The number of methoxy groups -OCH3 is 2. The summed E-state index contributed by atoms with van der Waals surface area (Å²) in [5, 5.41) is 7.30. The van der Waals surface area contributed by atoms with Gasteiger partial charge in [-0.2, -0.15) is 0 Å². The van der Waals surface area contributed by atoms with Gasteiger partial charge in [-0.25, -0.2) is 4.98 Å². The second-order valence-electron chi connectivity index (χ2n) is 6.78. The number of hydrogen-bond donors (Lipinski definition) is 2. The van der Waals surface area contributed by atoms with E-state index in [2.05, 4.69) is 15.6 Å². The molecule has 2 aromatic carbocycles. The van der Waals surface area contributed by atoms with E-state index in [0.717, 1.165) is 11.3 Å². The van der Waals surface area contributed by atoms with Crippen molar-refractivity contribution in [1.29, 1.82) is 0 Å². The zero-order valence-corrected chi connectivity index (χ0v) is 19.1. The van der Waals surface area contributed by atoms with Gasteiger partial charge in [0.05, 0.1) is 19.9 Å². The SMILES string of the molecule is COc1ccc(C(=O)NCC(=O)OC(C)C(=O)Nc2nc(-c3ccccc3)cs2)cc1OC. The highest BCUT2D eigenvalue weighted by Crippen LogP contribution is 2.27. The third-order valence-electron chi connectivity index (χ3n) is 4.52. The van der Waals surface area contributed by atoms with Gasteiger partial charge in [0.1, 0.15) is 6.54 Å². The van der Waals surface area contributed by atoms with E-state index in [4.69, 9.17) is 14.2 Å². The van der Waals surface area contributed by atoms with E-state index in [1.165, 1.54) is 44.6 Å². The molecular formula is C23H23N3O6S. The summed E-state index contributed by atoms with van der Waals surface area (Å²) >= 11 is 1.27. The number of aromatic nitrogens is 1. The summed E-state index contributed by atoms with van der Waals surface area (Å²) in [6, 6.07) is 14.2. The number of amides is 2. The van der Waals surface area contributed by atoms with Gasteiger partial charge >= 0.3 is 5.97 Å². The average molecular weight is 470 g/mol. The molecule has 1 aromatic heterocycles. The first-order valence-electron chi connectivity index (χ1n) is 9.92. The lowest BCUT2D eigenvalue weighted by atomic mass is 10.2. The molecule has 33 heavy (non-hydrogen) atoms. The number of anilines is 1. The molecule has 0 bridgehead atoms. The van der Waals surface area contributed by atoms with Crippen LogP contribution in [0.1, 0.15) is 17.3 Å². The standard InChI is InChI=1S/C23H23N3O6S/c1-14(21(28)26-23-25-17(13-33-23)15-7-5-4-6-8-15)32-20(27)12-24-22(29)16-9-10-18(30-2)19(11-16)31-3/h4-11,13-14H,12H2,1-3H3,(H,24,29)(H,25,26,28). The van der Waals surface area contributed by atoms with Crippen LogP contribution in [0.2, 0.25) is 0 Å².